The number of nitrogens with one attached hydrogen (secondary N) is 1. The van der Waals surface area contributed by atoms with Gasteiger partial charge >= 0.3 is 0 Å². The molecule has 0 saturated heterocycles. The zero-order valence-corrected chi connectivity index (χ0v) is 17.5. The van der Waals surface area contributed by atoms with Gasteiger partial charge in [-0.05, 0) is 43.0 Å². The minimum Gasteiger partial charge on any atom is -0.481 e. The van der Waals surface area contributed by atoms with Gasteiger partial charge in [-0.2, -0.15) is 10.5 Å². The standard InChI is InChI=1S/C22H18N6OS/c1-13-6-16(14(2)28(13)12-20-15(9-23)4-5-30-20)7-17(10-24)22-26-18-8-21(29-3)25-11-19(18)27-22/h4-8,11H,12H2,1-3H3,(H,26,27)/b17-7+. The molecule has 4 rings (SSSR count). The van der Waals surface area contributed by atoms with Crippen molar-refractivity contribution in [1.29, 1.82) is 10.5 Å². The number of methoxy groups -OCH3 is 1. The second-order valence-corrected chi connectivity index (χ2v) is 7.78. The fourth-order valence-electron chi connectivity index (χ4n) is 3.36. The maximum absolute atomic E-state index is 9.75. The predicted molar refractivity (Wildman–Crippen MR) is 116 cm³/mol. The molecule has 0 aliphatic carbocycles. The molecule has 1 N–H and O–H groups in total. The summed E-state index contributed by atoms with van der Waals surface area (Å²) in [5.41, 5.74) is 5.58. The number of aromatic amines is 1. The van der Waals surface area contributed by atoms with E-state index >= 15 is 0 Å². The van der Waals surface area contributed by atoms with Crippen molar-refractivity contribution in [3.05, 3.63) is 63.0 Å². The number of aryl methyl sites for hydroxylation is 1. The van der Waals surface area contributed by atoms with Crippen LogP contribution in [0.25, 0.3) is 22.7 Å². The molecule has 4 aromatic heterocycles. The van der Waals surface area contributed by atoms with E-state index in [1.165, 1.54) is 0 Å². The number of pyridine rings is 1. The zero-order chi connectivity index (χ0) is 21.3. The number of hydrogen-bond donors (Lipinski definition) is 1. The highest BCUT2D eigenvalue weighted by molar-refractivity contribution is 7.10. The van der Waals surface area contributed by atoms with E-state index in [0.29, 0.717) is 34.9 Å². The quantitative estimate of drug-likeness (QED) is 0.487. The Morgan fingerprint density at radius 2 is 2.17 bits per heavy atom. The van der Waals surface area contributed by atoms with Crippen LogP contribution in [-0.4, -0.2) is 26.6 Å². The number of hydrogen-bond acceptors (Lipinski definition) is 6. The molecule has 0 radical (unpaired) electrons. The molecule has 4 aromatic rings. The first kappa shape index (κ1) is 19.4. The molecule has 0 aliphatic rings. The zero-order valence-electron chi connectivity index (χ0n) is 16.7. The molecule has 0 aliphatic heterocycles. The summed E-state index contributed by atoms with van der Waals surface area (Å²) < 4.78 is 7.29. The van der Waals surface area contributed by atoms with E-state index in [0.717, 1.165) is 27.3 Å². The minimum absolute atomic E-state index is 0.430. The van der Waals surface area contributed by atoms with Crippen LogP contribution in [0.1, 0.15) is 33.2 Å². The number of H-pyrrole nitrogens is 1. The lowest BCUT2D eigenvalue weighted by Gasteiger charge is -2.08. The number of nitriles is 2. The molecule has 0 amide bonds. The first-order chi connectivity index (χ1) is 14.5. The van der Waals surface area contributed by atoms with E-state index in [2.05, 4.69) is 31.7 Å². The van der Waals surface area contributed by atoms with E-state index < -0.39 is 0 Å². The predicted octanol–water partition coefficient (Wildman–Crippen LogP) is 4.43. The number of allylic oxidation sites excluding steroid dienone is 1. The normalized spacial score (nSPS) is 11.4. The third-order valence-electron chi connectivity index (χ3n) is 5.01. The van der Waals surface area contributed by atoms with Gasteiger partial charge in [-0.1, -0.05) is 0 Å². The SMILES string of the molecule is COc1cc2nc(/C(C#N)=C/c3cc(C)n(Cc4sccc4C#N)c3C)[nH]c2cn1. The van der Waals surface area contributed by atoms with Gasteiger partial charge in [0, 0.05) is 22.3 Å². The van der Waals surface area contributed by atoms with Crippen LogP contribution >= 0.6 is 11.3 Å². The van der Waals surface area contributed by atoms with Gasteiger partial charge < -0.3 is 14.3 Å². The van der Waals surface area contributed by atoms with Gasteiger partial charge in [-0.3, -0.25) is 0 Å². The highest BCUT2D eigenvalue weighted by Gasteiger charge is 2.14. The lowest BCUT2D eigenvalue weighted by molar-refractivity contribution is 0.398. The van der Waals surface area contributed by atoms with Crippen molar-refractivity contribution in [3.63, 3.8) is 0 Å². The Labute approximate surface area is 177 Å². The van der Waals surface area contributed by atoms with Crippen LogP contribution in [-0.2, 0) is 6.54 Å². The number of imidazole rings is 1. The molecule has 0 spiro atoms. The molecule has 0 unspecified atom stereocenters. The Morgan fingerprint density at radius 1 is 1.33 bits per heavy atom. The average molecular weight is 414 g/mol. The van der Waals surface area contributed by atoms with Crippen LogP contribution in [0.2, 0.25) is 0 Å². The highest BCUT2D eigenvalue weighted by atomic mass is 32.1. The third kappa shape index (κ3) is 3.45. The Balaban J connectivity index is 1.71. The number of nitrogens with zero attached hydrogens (tertiary/aromatic N) is 5. The Bertz CT molecular complexity index is 1360. The van der Waals surface area contributed by atoms with Crippen molar-refractivity contribution in [1.82, 2.24) is 19.5 Å². The molecule has 0 fully saturated rings. The Hall–Kier alpha value is -3.88. The van der Waals surface area contributed by atoms with E-state index in [4.69, 9.17) is 4.74 Å². The number of thiophene rings is 1. The molecule has 7 nitrogen and oxygen atoms in total. The second-order valence-electron chi connectivity index (χ2n) is 6.78. The summed E-state index contributed by atoms with van der Waals surface area (Å²) >= 11 is 1.57. The fraction of sp³-hybridized carbons (Fsp3) is 0.182. The van der Waals surface area contributed by atoms with E-state index in [9.17, 15) is 10.5 Å². The fourth-order valence-corrected chi connectivity index (χ4v) is 4.18. The summed E-state index contributed by atoms with van der Waals surface area (Å²) in [5, 5.41) is 21.0. The smallest absolute Gasteiger partial charge is 0.215 e. The van der Waals surface area contributed by atoms with Gasteiger partial charge in [0.1, 0.15) is 18.0 Å². The molecular weight excluding hydrogens is 396 g/mol. The Kier molecular flexibility index (Phi) is 5.09. The van der Waals surface area contributed by atoms with Crippen molar-refractivity contribution >= 4 is 34.0 Å². The van der Waals surface area contributed by atoms with Crippen molar-refractivity contribution in [3.8, 4) is 18.0 Å². The molecule has 0 saturated carbocycles. The number of ether oxygens (including phenoxy) is 1. The van der Waals surface area contributed by atoms with Crippen molar-refractivity contribution in [2.75, 3.05) is 7.11 Å². The summed E-state index contributed by atoms with van der Waals surface area (Å²) in [7, 11) is 1.55. The molecule has 8 heteroatoms. The minimum atomic E-state index is 0.430. The monoisotopic (exact) mass is 414 g/mol. The van der Waals surface area contributed by atoms with Crippen LogP contribution < -0.4 is 4.74 Å². The molecule has 148 valence electrons. The van der Waals surface area contributed by atoms with E-state index in [-0.39, 0.29) is 0 Å². The number of fused-ring (bicyclic) bond motifs is 1. The van der Waals surface area contributed by atoms with Gasteiger partial charge in [0.15, 0.2) is 0 Å². The van der Waals surface area contributed by atoms with Crippen molar-refractivity contribution < 1.29 is 4.74 Å². The summed E-state index contributed by atoms with van der Waals surface area (Å²) in [6.07, 6.45) is 3.47. The van der Waals surface area contributed by atoms with Crippen molar-refractivity contribution in [2.45, 2.75) is 20.4 Å². The lowest BCUT2D eigenvalue weighted by Crippen LogP contribution is -2.03. The van der Waals surface area contributed by atoms with E-state index in [1.807, 2.05) is 37.4 Å². The van der Waals surface area contributed by atoms with Gasteiger partial charge in [-0.15, -0.1) is 11.3 Å². The summed E-state index contributed by atoms with van der Waals surface area (Å²) in [6.45, 7) is 4.67. The highest BCUT2D eigenvalue weighted by Crippen LogP contribution is 2.26. The maximum Gasteiger partial charge on any atom is 0.215 e. The first-order valence-electron chi connectivity index (χ1n) is 9.19. The summed E-state index contributed by atoms with van der Waals surface area (Å²) in [5.74, 6) is 0.953. The topological polar surface area (TPSA) is 103 Å². The van der Waals surface area contributed by atoms with Gasteiger partial charge in [-0.25, -0.2) is 9.97 Å². The van der Waals surface area contributed by atoms with Crippen LogP contribution in [0.3, 0.4) is 0 Å². The van der Waals surface area contributed by atoms with Crippen molar-refractivity contribution in [2.24, 2.45) is 0 Å². The largest absolute Gasteiger partial charge is 0.481 e. The molecule has 0 atom stereocenters. The molecule has 4 heterocycles. The first-order valence-corrected chi connectivity index (χ1v) is 10.1. The molecule has 0 aromatic carbocycles. The van der Waals surface area contributed by atoms with Crippen LogP contribution in [0.4, 0.5) is 0 Å². The van der Waals surface area contributed by atoms with Gasteiger partial charge in [0.05, 0.1) is 42.0 Å². The maximum atomic E-state index is 9.75. The molecular formula is C22H18N6OS. The van der Waals surface area contributed by atoms with Crippen LogP contribution in [0.15, 0.2) is 29.8 Å². The lowest BCUT2D eigenvalue weighted by atomic mass is 10.1. The number of aromatic nitrogens is 4. The summed E-state index contributed by atoms with van der Waals surface area (Å²) in [6, 6.07) is 10.1. The third-order valence-corrected chi connectivity index (χ3v) is 5.91. The average Bonchev–Trinajstić information content (AvgIpc) is 3.45. The summed E-state index contributed by atoms with van der Waals surface area (Å²) in [4.78, 5) is 12.9. The molecule has 30 heavy (non-hydrogen) atoms. The van der Waals surface area contributed by atoms with E-state index in [1.54, 1.807) is 30.7 Å². The van der Waals surface area contributed by atoms with Gasteiger partial charge in [0.2, 0.25) is 5.88 Å². The van der Waals surface area contributed by atoms with Gasteiger partial charge in [0.25, 0.3) is 0 Å². The van der Waals surface area contributed by atoms with Crippen LogP contribution in [0, 0.1) is 36.5 Å². The van der Waals surface area contributed by atoms with Crippen LogP contribution in [0.5, 0.6) is 5.88 Å². The number of rotatable bonds is 5. The second kappa shape index (κ2) is 7.86. The molecule has 0 bridgehead atoms. The Morgan fingerprint density at radius 3 is 2.90 bits per heavy atom.